The summed E-state index contributed by atoms with van der Waals surface area (Å²) < 4.78 is 19.3. The lowest BCUT2D eigenvalue weighted by molar-refractivity contribution is 0.295. The highest BCUT2D eigenvalue weighted by Gasteiger charge is 2.08. The summed E-state index contributed by atoms with van der Waals surface area (Å²) in [5, 5.41) is 0. The molecule has 0 radical (unpaired) electrons. The number of halogens is 2. The Morgan fingerprint density at radius 3 is 2.75 bits per heavy atom. The van der Waals surface area contributed by atoms with Gasteiger partial charge in [0.15, 0.2) is 11.6 Å². The molecule has 0 amide bonds. The van der Waals surface area contributed by atoms with Crippen LogP contribution in [0.5, 0.6) is 5.75 Å². The van der Waals surface area contributed by atoms with Crippen LogP contribution in [-0.4, -0.2) is 0 Å². The summed E-state index contributed by atoms with van der Waals surface area (Å²) in [6.45, 7) is 0.266. The van der Waals surface area contributed by atoms with Gasteiger partial charge in [-0.2, -0.15) is 0 Å². The highest BCUT2D eigenvalue weighted by molar-refractivity contribution is 7.16. The number of rotatable bonds is 3. The van der Waals surface area contributed by atoms with E-state index in [-0.39, 0.29) is 12.4 Å². The molecule has 0 atom stereocenters. The molecule has 1 aromatic carbocycles. The summed E-state index contributed by atoms with van der Waals surface area (Å²) in [5.74, 6) is -0.366. The zero-order valence-corrected chi connectivity index (χ0v) is 9.82. The third kappa shape index (κ3) is 2.46. The fraction of sp³-hybridized carbons (Fsp3) is 0.0909. The number of nitrogens with two attached hydrogens (primary N) is 1. The van der Waals surface area contributed by atoms with Gasteiger partial charge < -0.3 is 10.5 Å². The van der Waals surface area contributed by atoms with E-state index < -0.39 is 5.82 Å². The Balaban J connectivity index is 2.10. The van der Waals surface area contributed by atoms with Crippen LogP contribution in [0.3, 0.4) is 0 Å². The van der Waals surface area contributed by atoms with Crippen LogP contribution in [-0.2, 0) is 6.61 Å². The summed E-state index contributed by atoms with van der Waals surface area (Å²) in [4.78, 5) is 0.924. The van der Waals surface area contributed by atoms with Crippen molar-refractivity contribution < 1.29 is 9.13 Å². The Labute approximate surface area is 101 Å². The summed E-state index contributed by atoms with van der Waals surface area (Å²) >= 11 is 7.16. The molecule has 2 aromatic rings. The van der Waals surface area contributed by atoms with Gasteiger partial charge in [0, 0.05) is 4.88 Å². The molecule has 0 spiro atoms. The molecule has 2 nitrogen and oxygen atoms in total. The Morgan fingerprint density at radius 2 is 2.12 bits per heavy atom. The molecule has 0 saturated carbocycles. The molecule has 0 saturated heterocycles. The zero-order valence-electron chi connectivity index (χ0n) is 8.24. The lowest BCUT2D eigenvalue weighted by Gasteiger charge is -2.08. The fourth-order valence-corrected chi connectivity index (χ4v) is 2.25. The van der Waals surface area contributed by atoms with E-state index in [2.05, 4.69) is 0 Å². The summed E-state index contributed by atoms with van der Waals surface area (Å²) in [7, 11) is 0. The molecule has 84 valence electrons. The van der Waals surface area contributed by atoms with Crippen molar-refractivity contribution in [3.8, 4) is 5.75 Å². The van der Waals surface area contributed by atoms with Gasteiger partial charge in [0.2, 0.25) is 0 Å². The first-order chi connectivity index (χ1) is 7.66. The largest absolute Gasteiger partial charge is 0.483 e. The first-order valence-electron chi connectivity index (χ1n) is 4.58. The van der Waals surface area contributed by atoms with E-state index >= 15 is 0 Å². The third-order valence-electron chi connectivity index (χ3n) is 1.99. The molecule has 0 bridgehead atoms. The molecule has 2 rings (SSSR count). The van der Waals surface area contributed by atoms with Crippen LogP contribution in [0.15, 0.2) is 30.3 Å². The van der Waals surface area contributed by atoms with Crippen LogP contribution in [0, 0.1) is 5.82 Å². The molecule has 1 aromatic heterocycles. The van der Waals surface area contributed by atoms with Crippen LogP contribution in [0.2, 0.25) is 4.34 Å². The number of benzene rings is 1. The van der Waals surface area contributed by atoms with E-state index in [1.807, 2.05) is 6.07 Å². The smallest absolute Gasteiger partial charge is 0.178 e. The fourth-order valence-electron chi connectivity index (χ4n) is 1.25. The second-order valence-corrected chi connectivity index (χ2v) is 4.95. The van der Waals surface area contributed by atoms with Gasteiger partial charge in [0.1, 0.15) is 6.61 Å². The highest BCUT2D eigenvalue weighted by atomic mass is 35.5. The van der Waals surface area contributed by atoms with Gasteiger partial charge >= 0.3 is 0 Å². The highest BCUT2D eigenvalue weighted by Crippen LogP contribution is 2.27. The predicted octanol–water partition coefficient (Wildman–Crippen LogP) is 3.70. The molecule has 0 aliphatic heterocycles. The van der Waals surface area contributed by atoms with E-state index in [1.54, 1.807) is 18.2 Å². The van der Waals surface area contributed by atoms with Gasteiger partial charge in [0.25, 0.3) is 0 Å². The molecular weight excluding hydrogens is 249 g/mol. The molecule has 0 aliphatic rings. The molecule has 0 fully saturated rings. The number of ether oxygens (including phenoxy) is 1. The second kappa shape index (κ2) is 4.72. The van der Waals surface area contributed by atoms with E-state index in [1.165, 1.54) is 17.4 Å². The van der Waals surface area contributed by atoms with Crippen molar-refractivity contribution >= 4 is 28.6 Å². The lowest BCUT2D eigenvalue weighted by atomic mass is 10.3. The minimum Gasteiger partial charge on any atom is -0.483 e. The van der Waals surface area contributed by atoms with E-state index in [0.29, 0.717) is 10.0 Å². The molecule has 0 aliphatic carbocycles. The number of hydrogen-bond donors (Lipinski definition) is 1. The van der Waals surface area contributed by atoms with Gasteiger partial charge in [-0.15, -0.1) is 11.3 Å². The Kier molecular flexibility index (Phi) is 3.31. The quantitative estimate of drug-likeness (QED) is 0.851. The van der Waals surface area contributed by atoms with Crippen LogP contribution in [0.25, 0.3) is 0 Å². The SMILES string of the molecule is Nc1cccc(F)c1OCc1ccc(Cl)s1. The average molecular weight is 258 g/mol. The second-order valence-electron chi connectivity index (χ2n) is 3.15. The van der Waals surface area contributed by atoms with E-state index in [4.69, 9.17) is 22.1 Å². The third-order valence-corrected chi connectivity index (χ3v) is 3.19. The maximum Gasteiger partial charge on any atom is 0.178 e. The average Bonchev–Trinajstić information content (AvgIpc) is 2.63. The normalized spacial score (nSPS) is 10.4. The Bertz CT molecular complexity index is 480. The van der Waals surface area contributed by atoms with Gasteiger partial charge in [-0.05, 0) is 24.3 Å². The Hall–Kier alpha value is -1.26. The van der Waals surface area contributed by atoms with Crippen molar-refractivity contribution in [2.75, 3.05) is 5.73 Å². The number of anilines is 1. The Morgan fingerprint density at radius 1 is 1.31 bits per heavy atom. The lowest BCUT2D eigenvalue weighted by Crippen LogP contribution is -1.99. The van der Waals surface area contributed by atoms with Crippen molar-refractivity contribution in [2.24, 2.45) is 0 Å². The zero-order chi connectivity index (χ0) is 11.5. The van der Waals surface area contributed by atoms with Gasteiger partial charge in [-0.1, -0.05) is 17.7 Å². The molecule has 2 N–H and O–H groups in total. The summed E-state index contributed by atoms with van der Waals surface area (Å²) in [5.41, 5.74) is 5.90. The molecule has 5 heteroatoms. The summed E-state index contributed by atoms with van der Waals surface area (Å²) in [6, 6.07) is 8.06. The first kappa shape index (κ1) is 11.2. The van der Waals surface area contributed by atoms with Crippen molar-refractivity contribution in [1.29, 1.82) is 0 Å². The summed E-state index contributed by atoms with van der Waals surface area (Å²) in [6.07, 6.45) is 0. The van der Waals surface area contributed by atoms with Gasteiger partial charge in [0.05, 0.1) is 10.0 Å². The van der Waals surface area contributed by atoms with Crippen LogP contribution in [0.4, 0.5) is 10.1 Å². The van der Waals surface area contributed by atoms with Crippen LogP contribution >= 0.6 is 22.9 Å². The van der Waals surface area contributed by atoms with E-state index in [9.17, 15) is 4.39 Å². The number of para-hydroxylation sites is 1. The first-order valence-corrected chi connectivity index (χ1v) is 5.77. The monoisotopic (exact) mass is 257 g/mol. The van der Waals surface area contributed by atoms with Crippen molar-refractivity contribution in [2.45, 2.75) is 6.61 Å². The topological polar surface area (TPSA) is 35.2 Å². The van der Waals surface area contributed by atoms with Crippen molar-refractivity contribution in [3.63, 3.8) is 0 Å². The predicted molar refractivity (Wildman–Crippen MR) is 64.5 cm³/mol. The van der Waals surface area contributed by atoms with Crippen LogP contribution in [0.1, 0.15) is 4.88 Å². The van der Waals surface area contributed by atoms with Crippen molar-refractivity contribution in [3.05, 3.63) is 45.4 Å². The van der Waals surface area contributed by atoms with Crippen LogP contribution < -0.4 is 10.5 Å². The minimum atomic E-state index is -0.456. The number of hydrogen-bond acceptors (Lipinski definition) is 3. The number of thiophene rings is 1. The van der Waals surface area contributed by atoms with Crippen molar-refractivity contribution in [1.82, 2.24) is 0 Å². The standard InChI is InChI=1S/C11H9ClFNOS/c12-10-5-4-7(16-10)6-15-11-8(13)2-1-3-9(11)14/h1-5H,6,14H2. The molecule has 16 heavy (non-hydrogen) atoms. The van der Waals surface area contributed by atoms with Gasteiger partial charge in [-0.25, -0.2) is 4.39 Å². The van der Waals surface area contributed by atoms with Gasteiger partial charge in [-0.3, -0.25) is 0 Å². The number of nitrogen functional groups attached to an aromatic ring is 1. The maximum absolute atomic E-state index is 13.3. The molecular formula is C11H9ClFNOS. The van der Waals surface area contributed by atoms with E-state index in [0.717, 1.165) is 4.88 Å². The molecule has 1 heterocycles. The maximum atomic E-state index is 13.3. The molecule has 0 unspecified atom stereocenters. The minimum absolute atomic E-state index is 0.0898.